The number of nitrogens with one attached hydrogen (secondary N) is 3. The molecule has 3 aromatic rings. The number of nitrogens with two attached hydrogens (primary N) is 1. The van der Waals surface area contributed by atoms with Crippen LogP contribution in [0.5, 0.6) is 0 Å². The van der Waals surface area contributed by atoms with Crippen molar-refractivity contribution in [1.29, 1.82) is 0 Å². The topological polar surface area (TPSA) is 142 Å². The fourth-order valence-corrected chi connectivity index (χ4v) is 4.89. The van der Waals surface area contributed by atoms with Crippen molar-refractivity contribution in [2.45, 2.75) is 43.9 Å². The molecule has 0 bridgehead atoms. The molecule has 2 aromatic carbocycles. The summed E-state index contributed by atoms with van der Waals surface area (Å²) in [6.07, 6.45) is 4.33. The van der Waals surface area contributed by atoms with E-state index in [-0.39, 0.29) is 29.4 Å². The molecule has 1 fully saturated rings. The van der Waals surface area contributed by atoms with Gasteiger partial charge < -0.3 is 26.8 Å². The third kappa shape index (κ3) is 5.07. The molecule has 1 saturated heterocycles. The first-order chi connectivity index (χ1) is 17.5. The van der Waals surface area contributed by atoms with E-state index < -0.39 is 12.1 Å². The molecule has 0 spiro atoms. The molecule has 1 unspecified atom stereocenters. The number of hydrogen-bond donors (Lipinski definition) is 5. The van der Waals surface area contributed by atoms with Gasteiger partial charge in [0, 0.05) is 30.1 Å². The van der Waals surface area contributed by atoms with Crippen molar-refractivity contribution in [3.05, 3.63) is 77.1 Å². The van der Waals surface area contributed by atoms with E-state index >= 15 is 0 Å². The molecule has 36 heavy (non-hydrogen) atoms. The Hall–Kier alpha value is -3.82. The van der Waals surface area contributed by atoms with E-state index in [0.717, 1.165) is 36.9 Å². The minimum absolute atomic E-state index is 0.00736. The van der Waals surface area contributed by atoms with Crippen molar-refractivity contribution in [3.63, 3.8) is 0 Å². The molecule has 1 aliphatic heterocycles. The lowest BCUT2D eigenvalue weighted by atomic mass is 10.1. The van der Waals surface area contributed by atoms with Crippen LogP contribution in [0.25, 0.3) is 11.3 Å². The van der Waals surface area contributed by atoms with Crippen molar-refractivity contribution in [2.75, 3.05) is 18.8 Å². The highest BCUT2D eigenvalue weighted by molar-refractivity contribution is 5.97. The zero-order chi connectivity index (χ0) is 25.1. The number of amides is 2. The standard InChI is InChI=1S/C27H30N6O3/c28-25-24(27(36)31-19-9-3-4-11-29-14-19)32-21(15-30-25)17-7-5-8-18(12-17)26(35)33-23-20-10-2-1-6-16(20)13-22(23)34/h1-2,5-8,10,12,15,19,22-23,29,34H,3-4,9,11,13-14H2,(H2,28,30)(H,31,36)(H,33,35)/t19-,22-,23?/m0/s1. The van der Waals surface area contributed by atoms with Crippen LogP contribution < -0.4 is 21.7 Å². The van der Waals surface area contributed by atoms with Crippen LogP contribution in [0.3, 0.4) is 0 Å². The van der Waals surface area contributed by atoms with Gasteiger partial charge in [-0.1, -0.05) is 42.8 Å². The number of aromatic nitrogens is 2. The molecular weight excluding hydrogens is 456 g/mol. The van der Waals surface area contributed by atoms with Gasteiger partial charge in [-0.15, -0.1) is 0 Å². The first-order valence-electron chi connectivity index (χ1n) is 12.3. The average Bonchev–Trinajstić information content (AvgIpc) is 3.03. The highest BCUT2D eigenvalue weighted by atomic mass is 16.3. The van der Waals surface area contributed by atoms with Crippen LogP contribution in [0.4, 0.5) is 5.82 Å². The summed E-state index contributed by atoms with van der Waals surface area (Å²) in [5, 5.41) is 19.8. The molecule has 2 heterocycles. The maximum Gasteiger partial charge on any atom is 0.274 e. The van der Waals surface area contributed by atoms with Gasteiger partial charge in [0.25, 0.3) is 11.8 Å². The van der Waals surface area contributed by atoms with Crippen LogP contribution in [-0.4, -0.2) is 52.1 Å². The zero-order valence-corrected chi connectivity index (χ0v) is 19.9. The lowest BCUT2D eigenvalue weighted by molar-refractivity contribution is 0.0857. The number of carbonyl (C=O) groups is 2. The van der Waals surface area contributed by atoms with Gasteiger partial charge in [0.15, 0.2) is 11.5 Å². The Morgan fingerprint density at radius 2 is 1.92 bits per heavy atom. The molecule has 9 nitrogen and oxygen atoms in total. The average molecular weight is 487 g/mol. The van der Waals surface area contributed by atoms with Crippen LogP contribution >= 0.6 is 0 Å². The van der Waals surface area contributed by atoms with Gasteiger partial charge in [-0.25, -0.2) is 9.97 Å². The Morgan fingerprint density at radius 3 is 2.81 bits per heavy atom. The molecule has 2 aliphatic rings. The fraction of sp³-hybridized carbons (Fsp3) is 0.333. The van der Waals surface area contributed by atoms with Gasteiger partial charge in [0.2, 0.25) is 0 Å². The van der Waals surface area contributed by atoms with Gasteiger partial charge in [-0.2, -0.15) is 0 Å². The third-order valence-electron chi connectivity index (χ3n) is 6.81. The third-order valence-corrected chi connectivity index (χ3v) is 6.81. The van der Waals surface area contributed by atoms with Crippen molar-refractivity contribution in [2.24, 2.45) is 0 Å². The molecule has 9 heteroatoms. The zero-order valence-electron chi connectivity index (χ0n) is 19.9. The molecule has 5 rings (SSSR count). The van der Waals surface area contributed by atoms with E-state index in [2.05, 4.69) is 25.9 Å². The second-order valence-corrected chi connectivity index (χ2v) is 9.36. The smallest absolute Gasteiger partial charge is 0.274 e. The van der Waals surface area contributed by atoms with Crippen LogP contribution in [-0.2, 0) is 6.42 Å². The Kier molecular flexibility index (Phi) is 6.92. The summed E-state index contributed by atoms with van der Waals surface area (Å²) in [4.78, 5) is 34.7. The molecule has 1 aliphatic carbocycles. The lowest BCUT2D eigenvalue weighted by Crippen LogP contribution is -2.41. The van der Waals surface area contributed by atoms with Crippen LogP contribution in [0.2, 0.25) is 0 Å². The first kappa shape index (κ1) is 23.9. The number of benzene rings is 2. The van der Waals surface area contributed by atoms with Gasteiger partial charge in [0.05, 0.1) is 24.0 Å². The number of nitrogen functional groups attached to an aromatic ring is 1. The molecule has 2 amide bonds. The number of nitrogens with zero attached hydrogens (tertiary/aromatic N) is 2. The second kappa shape index (κ2) is 10.4. The van der Waals surface area contributed by atoms with Crippen LogP contribution in [0, 0.1) is 0 Å². The molecule has 3 atom stereocenters. The minimum Gasteiger partial charge on any atom is -0.390 e. The van der Waals surface area contributed by atoms with E-state index in [9.17, 15) is 14.7 Å². The summed E-state index contributed by atoms with van der Waals surface area (Å²) >= 11 is 0. The number of fused-ring (bicyclic) bond motifs is 1. The second-order valence-electron chi connectivity index (χ2n) is 9.36. The Labute approximate surface area is 209 Å². The summed E-state index contributed by atoms with van der Waals surface area (Å²) in [5.74, 6) is -0.612. The summed E-state index contributed by atoms with van der Waals surface area (Å²) in [6.45, 7) is 1.65. The fourth-order valence-electron chi connectivity index (χ4n) is 4.89. The van der Waals surface area contributed by atoms with Crippen molar-refractivity contribution in [3.8, 4) is 11.3 Å². The number of rotatable bonds is 5. The summed E-state index contributed by atoms with van der Waals surface area (Å²) in [6, 6.07) is 14.2. The van der Waals surface area contributed by atoms with Gasteiger partial charge >= 0.3 is 0 Å². The quantitative estimate of drug-likeness (QED) is 0.371. The normalized spacial score (nSPS) is 21.3. The van der Waals surface area contributed by atoms with E-state index in [1.54, 1.807) is 24.3 Å². The number of hydrogen-bond acceptors (Lipinski definition) is 7. The van der Waals surface area contributed by atoms with Crippen molar-refractivity contribution in [1.82, 2.24) is 25.9 Å². The molecule has 186 valence electrons. The maximum atomic E-state index is 13.1. The summed E-state index contributed by atoms with van der Waals surface area (Å²) < 4.78 is 0. The van der Waals surface area contributed by atoms with Gasteiger partial charge in [-0.3, -0.25) is 9.59 Å². The molecule has 1 aromatic heterocycles. The van der Waals surface area contributed by atoms with E-state index in [1.807, 2.05) is 24.3 Å². The van der Waals surface area contributed by atoms with E-state index in [1.165, 1.54) is 6.20 Å². The Bertz CT molecular complexity index is 1270. The number of anilines is 1. The lowest BCUT2D eigenvalue weighted by Gasteiger charge is -2.18. The van der Waals surface area contributed by atoms with Crippen LogP contribution in [0.1, 0.15) is 57.3 Å². The van der Waals surface area contributed by atoms with Crippen molar-refractivity contribution >= 4 is 17.6 Å². The molecule has 0 radical (unpaired) electrons. The van der Waals surface area contributed by atoms with Gasteiger partial charge in [0.1, 0.15) is 0 Å². The maximum absolute atomic E-state index is 13.1. The molecular formula is C27H30N6O3. The van der Waals surface area contributed by atoms with E-state index in [0.29, 0.717) is 29.8 Å². The summed E-state index contributed by atoms with van der Waals surface area (Å²) in [5.41, 5.74) is 9.50. The van der Waals surface area contributed by atoms with Crippen LogP contribution in [0.15, 0.2) is 54.7 Å². The van der Waals surface area contributed by atoms with Gasteiger partial charge in [-0.05, 0) is 42.6 Å². The molecule has 0 saturated carbocycles. The predicted molar refractivity (Wildman–Crippen MR) is 136 cm³/mol. The first-order valence-corrected chi connectivity index (χ1v) is 12.3. The van der Waals surface area contributed by atoms with E-state index in [4.69, 9.17) is 5.73 Å². The minimum atomic E-state index is -0.678. The number of aliphatic hydroxyl groups excluding tert-OH is 1. The highest BCUT2D eigenvalue weighted by Gasteiger charge is 2.32. The SMILES string of the molecule is Nc1ncc(-c2cccc(C(=O)NC3c4ccccc4C[C@@H]3O)c2)nc1C(=O)N[C@H]1CCCCNC1. The number of aliphatic hydroxyl groups is 1. The molecule has 6 N–H and O–H groups in total. The number of carbonyl (C=O) groups excluding carboxylic acids is 2. The van der Waals surface area contributed by atoms with Crippen molar-refractivity contribution < 1.29 is 14.7 Å². The Morgan fingerprint density at radius 1 is 1.06 bits per heavy atom. The monoisotopic (exact) mass is 486 g/mol. The summed E-state index contributed by atoms with van der Waals surface area (Å²) in [7, 11) is 0. The Balaban J connectivity index is 1.34. The largest absolute Gasteiger partial charge is 0.390 e. The highest BCUT2D eigenvalue weighted by Crippen LogP contribution is 2.31. The predicted octanol–water partition coefficient (Wildman–Crippen LogP) is 1.99.